The van der Waals surface area contributed by atoms with Crippen LogP contribution < -0.4 is 10.1 Å². The van der Waals surface area contributed by atoms with Crippen molar-refractivity contribution in [3.05, 3.63) is 27.7 Å². The highest BCUT2D eigenvalue weighted by Crippen LogP contribution is 2.33. The molecule has 0 atom stereocenters. The van der Waals surface area contributed by atoms with Crippen LogP contribution in [0.2, 0.25) is 0 Å². The first-order chi connectivity index (χ1) is 9.70. The summed E-state index contributed by atoms with van der Waals surface area (Å²) in [7, 11) is 1.72. The van der Waals surface area contributed by atoms with E-state index in [4.69, 9.17) is 9.47 Å². The standard InChI is InChI=1S/C16H24BrNO2/c1-12-9-15(17)10-14(11-18-6-8-19-2)16(12)20-7-5-13-3-4-13/h9-10,13,18H,3-8,11H2,1-2H3. The lowest BCUT2D eigenvalue weighted by molar-refractivity contribution is 0.199. The Morgan fingerprint density at radius 2 is 2.10 bits per heavy atom. The molecule has 0 radical (unpaired) electrons. The molecule has 3 nitrogen and oxygen atoms in total. The number of ether oxygens (including phenoxy) is 2. The van der Waals surface area contributed by atoms with Gasteiger partial charge in [-0.1, -0.05) is 28.8 Å². The van der Waals surface area contributed by atoms with Crippen molar-refractivity contribution in [2.45, 2.75) is 32.7 Å². The molecule has 0 unspecified atom stereocenters. The summed E-state index contributed by atoms with van der Waals surface area (Å²) >= 11 is 3.56. The van der Waals surface area contributed by atoms with Crippen molar-refractivity contribution in [2.75, 3.05) is 26.9 Å². The Hall–Kier alpha value is -0.580. The summed E-state index contributed by atoms with van der Waals surface area (Å²) in [5.74, 6) is 1.95. The van der Waals surface area contributed by atoms with Gasteiger partial charge in [0.2, 0.25) is 0 Å². The zero-order chi connectivity index (χ0) is 14.4. The maximum absolute atomic E-state index is 6.04. The van der Waals surface area contributed by atoms with E-state index < -0.39 is 0 Å². The Morgan fingerprint density at radius 1 is 1.30 bits per heavy atom. The predicted molar refractivity (Wildman–Crippen MR) is 85.3 cm³/mol. The largest absolute Gasteiger partial charge is 0.493 e. The van der Waals surface area contributed by atoms with Crippen LogP contribution in [0.15, 0.2) is 16.6 Å². The van der Waals surface area contributed by atoms with Crippen LogP contribution in [-0.2, 0) is 11.3 Å². The van der Waals surface area contributed by atoms with Gasteiger partial charge >= 0.3 is 0 Å². The third-order valence-electron chi connectivity index (χ3n) is 3.58. The first-order valence-electron chi connectivity index (χ1n) is 7.32. The van der Waals surface area contributed by atoms with Crippen molar-refractivity contribution in [1.29, 1.82) is 0 Å². The number of hydrogen-bond donors (Lipinski definition) is 1. The smallest absolute Gasteiger partial charge is 0.126 e. The minimum Gasteiger partial charge on any atom is -0.493 e. The van der Waals surface area contributed by atoms with Gasteiger partial charge in [0.1, 0.15) is 5.75 Å². The highest BCUT2D eigenvalue weighted by atomic mass is 79.9. The first-order valence-corrected chi connectivity index (χ1v) is 8.11. The lowest BCUT2D eigenvalue weighted by atomic mass is 10.1. The fourth-order valence-electron chi connectivity index (χ4n) is 2.27. The monoisotopic (exact) mass is 341 g/mol. The zero-order valence-corrected chi connectivity index (χ0v) is 14.0. The van der Waals surface area contributed by atoms with E-state index in [9.17, 15) is 0 Å². The van der Waals surface area contributed by atoms with Gasteiger partial charge < -0.3 is 14.8 Å². The number of hydrogen-bond acceptors (Lipinski definition) is 3. The van der Waals surface area contributed by atoms with E-state index in [2.05, 4.69) is 40.3 Å². The van der Waals surface area contributed by atoms with E-state index in [0.29, 0.717) is 0 Å². The molecule has 112 valence electrons. The molecule has 0 bridgehead atoms. The van der Waals surface area contributed by atoms with Crippen LogP contribution in [-0.4, -0.2) is 26.9 Å². The first kappa shape index (κ1) is 15.8. The molecule has 20 heavy (non-hydrogen) atoms. The summed E-state index contributed by atoms with van der Waals surface area (Å²) in [5.41, 5.74) is 2.41. The lowest BCUT2D eigenvalue weighted by Crippen LogP contribution is -2.19. The Labute approximate surface area is 130 Å². The summed E-state index contributed by atoms with van der Waals surface area (Å²) in [5, 5.41) is 3.38. The number of nitrogens with one attached hydrogen (secondary N) is 1. The van der Waals surface area contributed by atoms with Crippen molar-refractivity contribution in [3.63, 3.8) is 0 Å². The van der Waals surface area contributed by atoms with Crippen molar-refractivity contribution >= 4 is 15.9 Å². The van der Waals surface area contributed by atoms with Gasteiger partial charge in [-0.2, -0.15) is 0 Å². The Morgan fingerprint density at radius 3 is 2.80 bits per heavy atom. The van der Waals surface area contributed by atoms with E-state index >= 15 is 0 Å². The highest BCUT2D eigenvalue weighted by Gasteiger charge is 2.21. The maximum Gasteiger partial charge on any atom is 0.126 e. The average Bonchev–Trinajstić information content (AvgIpc) is 3.21. The van der Waals surface area contributed by atoms with Crippen molar-refractivity contribution in [1.82, 2.24) is 5.32 Å². The molecule has 1 fully saturated rings. The number of aryl methyl sites for hydroxylation is 1. The topological polar surface area (TPSA) is 30.5 Å². The maximum atomic E-state index is 6.04. The highest BCUT2D eigenvalue weighted by molar-refractivity contribution is 9.10. The minimum atomic E-state index is 0.727. The minimum absolute atomic E-state index is 0.727. The van der Waals surface area contributed by atoms with Crippen LogP contribution in [0.5, 0.6) is 5.75 Å². The van der Waals surface area contributed by atoms with Gasteiger partial charge in [-0.15, -0.1) is 0 Å². The van der Waals surface area contributed by atoms with Crippen LogP contribution in [0.25, 0.3) is 0 Å². The second-order valence-corrected chi connectivity index (χ2v) is 6.38. The summed E-state index contributed by atoms with van der Waals surface area (Å²) in [6.45, 7) is 5.32. The van der Waals surface area contributed by atoms with Gasteiger partial charge in [0.25, 0.3) is 0 Å². The molecular weight excluding hydrogens is 318 g/mol. The van der Waals surface area contributed by atoms with Gasteiger partial charge in [-0.3, -0.25) is 0 Å². The fourth-order valence-corrected chi connectivity index (χ4v) is 2.89. The van der Waals surface area contributed by atoms with E-state index in [1.807, 2.05) is 0 Å². The number of halogens is 1. The van der Waals surface area contributed by atoms with Crippen LogP contribution in [0.3, 0.4) is 0 Å². The summed E-state index contributed by atoms with van der Waals surface area (Å²) in [6.07, 6.45) is 3.95. The third-order valence-corrected chi connectivity index (χ3v) is 4.04. The quantitative estimate of drug-likeness (QED) is 0.695. The van der Waals surface area contributed by atoms with E-state index in [0.717, 1.165) is 42.4 Å². The summed E-state index contributed by atoms with van der Waals surface area (Å²) in [6, 6.07) is 4.25. The van der Waals surface area contributed by atoms with Gasteiger partial charge in [0.05, 0.1) is 13.2 Å². The van der Waals surface area contributed by atoms with Gasteiger partial charge in [-0.05, 0) is 37.0 Å². The number of methoxy groups -OCH3 is 1. The summed E-state index contributed by atoms with van der Waals surface area (Å²) < 4.78 is 12.2. The molecule has 0 aromatic heterocycles. The molecule has 1 aliphatic rings. The molecule has 0 spiro atoms. The predicted octanol–water partition coefficient (Wildman–Crippen LogP) is 3.67. The Kier molecular flexibility index (Phi) is 6.33. The van der Waals surface area contributed by atoms with Crippen LogP contribution in [0.1, 0.15) is 30.4 Å². The number of rotatable bonds is 9. The molecule has 2 rings (SSSR count). The molecule has 1 N–H and O–H groups in total. The molecule has 1 aromatic carbocycles. The Balaban J connectivity index is 1.94. The molecule has 4 heteroatoms. The molecule has 0 heterocycles. The second-order valence-electron chi connectivity index (χ2n) is 5.46. The third kappa shape index (κ3) is 5.08. The molecule has 1 saturated carbocycles. The SMILES string of the molecule is COCCNCc1cc(Br)cc(C)c1OCCC1CC1. The van der Waals surface area contributed by atoms with Gasteiger partial charge in [-0.25, -0.2) is 0 Å². The van der Waals surface area contributed by atoms with E-state index in [-0.39, 0.29) is 0 Å². The van der Waals surface area contributed by atoms with Crippen molar-refractivity contribution < 1.29 is 9.47 Å². The van der Waals surface area contributed by atoms with Crippen LogP contribution in [0, 0.1) is 12.8 Å². The van der Waals surface area contributed by atoms with Crippen molar-refractivity contribution in [3.8, 4) is 5.75 Å². The van der Waals surface area contributed by atoms with Gasteiger partial charge in [0, 0.05) is 30.2 Å². The molecule has 1 aromatic rings. The second kappa shape index (κ2) is 8.01. The normalized spacial score (nSPS) is 14.6. The van der Waals surface area contributed by atoms with Crippen LogP contribution in [0.4, 0.5) is 0 Å². The molecule has 0 amide bonds. The lowest BCUT2D eigenvalue weighted by Gasteiger charge is -2.15. The average molecular weight is 342 g/mol. The fraction of sp³-hybridized carbons (Fsp3) is 0.625. The van der Waals surface area contributed by atoms with E-state index in [1.165, 1.54) is 30.4 Å². The van der Waals surface area contributed by atoms with Gasteiger partial charge in [0.15, 0.2) is 0 Å². The van der Waals surface area contributed by atoms with E-state index in [1.54, 1.807) is 7.11 Å². The molecule has 1 aliphatic carbocycles. The molecule has 0 saturated heterocycles. The zero-order valence-electron chi connectivity index (χ0n) is 12.4. The molecule has 0 aliphatic heterocycles. The summed E-state index contributed by atoms with van der Waals surface area (Å²) in [4.78, 5) is 0. The Bertz CT molecular complexity index is 433. The van der Waals surface area contributed by atoms with Crippen molar-refractivity contribution in [2.24, 2.45) is 5.92 Å². The number of benzene rings is 1. The molecular formula is C16H24BrNO2. The van der Waals surface area contributed by atoms with Crippen LogP contribution >= 0.6 is 15.9 Å².